The predicted octanol–water partition coefficient (Wildman–Crippen LogP) is 5.49. The Morgan fingerprint density at radius 3 is 2.52 bits per heavy atom. The number of carbonyl (C=O) groups excluding carboxylic acids is 1. The van der Waals surface area contributed by atoms with Crippen molar-refractivity contribution in [1.82, 2.24) is 4.90 Å². The van der Waals surface area contributed by atoms with Crippen LogP contribution in [0.4, 0.5) is 10.5 Å². The van der Waals surface area contributed by atoms with E-state index in [9.17, 15) is 4.79 Å². The molecule has 2 rings (SSSR count). The molecule has 1 aliphatic rings. The summed E-state index contributed by atoms with van der Waals surface area (Å²) in [5, 5.41) is 2.87. The Morgan fingerprint density at radius 1 is 0.970 bits per heavy atom. The molecule has 0 aromatic heterocycles. The number of unbranched alkanes of at least 4 members (excludes halogenated alkanes) is 4. The Labute approximate surface area is 200 Å². The van der Waals surface area contributed by atoms with Gasteiger partial charge in [0, 0.05) is 13.2 Å². The number of carbonyl (C=O) groups is 1. The molecule has 0 spiro atoms. The van der Waals surface area contributed by atoms with Crippen LogP contribution < -0.4 is 10.1 Å². The van der Waals surface area contributed by atoms with Crippen molar-refractivity contribution in [3.63, 3.8) is 0 Å². The van der Waals surface area contributed by atoms with E-state index in [4.69, 9.17) is 18.9 Å². The molecule has 7 nitrogen and oxygen atoms in total. The molecular formula is C26H44N2O5. The van der Waals surface area contributed by atoms with Crippen molar-refractivity contribution in [3.8, 4) is 5.75 Å². The van der Waals surface area contributed by atoms with Gasteiger partial charge in [-0.1, -0.05) is 51.2 Å². The van der Waals surface area contributed by atoms with Crippen molar-refractivity contribution < 1.29 is 23.7 Å². The van der Waals surface area contributed by atoms with Crippen LogP contribution in [0.2, 0.25) is 0 Å². The average Bonchev–Trinajstić information content (AvgIpc) is 2.82. The second kappa shape index (κ2) is 17.6. The molecule has 1 atom stereocenters. The van der Waals surface area contributed by atoms with Gasteiger partial charge in [0.15, 0.2) is 0 Å². The first-order chi connectivity index (χ1) is 16.2. The Balaban J connectivity index is 1.84. The van der Waals surface area contributed by atoms with Crippen LogP contribution in [0.1, 0.15) is 65.2 Å². The van der Waals surface area contributed by atoms with Gasteiger partial charge in [0.05, 0.1) is 32.1 Å². The van der Waals surface area contributed by atoms with Crippen molar-refractivity contribution in [2.24, 2.45) is 0 Å². The third-order valence-corrected chi connectivity index (χ3v) is 5.69. The number of hydrogen-bond donors (Lipinski definition) is 1. The van der Waals surface area contributed by atoms with Crippen molar-refractivity contribution in [2.75, 3.05) is 58.0 Å². The van der Waals surface area contributed by atoms with Gasteiger partial charge in [-0.2, -0.15) is 0 Å². The van der Waals surface area contributed by atoms with E-state index in [1.807, 2.05) is 31.2 Å². The van der Waals surface area contributed by atoms with Crippen LogP contribution in [0.15, 0.2) is 24.3 Å². The van der Waals surface area contributed by atoms with Gasteiger partial charge >= 0.3 is 6.09 Å². The first-order valence-corrected chi connectivity index (χ1v) is 12.8. The van der Waals surface area contributed by atoms with Gasteiger partial charge in [0.25, 0.3) is 0 Å². The van der Waals surface area contributed by atoms with E-state index < -0.39 is 6.09 Å². The van der Waals surface area contributed by atoms with Crippen LogP contribution in [0.3, 0.4) is 0 Å². The third kappa shape index (κ3) is 12.3. The lowest BCUT2D eigenvalue weighted by atomic mass is 10.1. The lowest BCUT2D eigenvalue weighted by molar-refractivity contribution is -0.0130. The fraction of sp³-hybridized carbons (Fsp3) is 0.731. The van der Waals surface area contributed by atoms with Crippen LogP contribution in [-0.2, 0) is 14.2 Å². The summed E-state index contributed by atoms with van der Waals surface area (Å²) in [5.74, 6) is 0.672. The molecule has 1 aromatic rings. The number of rotatable bonds is 17. The maximum Gasteiger partial charge on any atom is 0.412 e. The van der Waals surface area contributed by atoms with E-state index in [2.05, 4.69) is 17.1 Å². The van der Waals surface area contributed by atoms with Gasteiger partial charge in [-0.3, -0.25) is 10.2 Å². The quantitative estimate of drug-likeness (QED) is 0.307. The molecule has 1 N–H and O–H groups in total. The second-order valence-corrected chi connectivity index (χ2v) is 8.54. The number of piperidine rings is 1. The minimum atomic E-state index is -0.482. The monoisotopic (exact) mass is 464 g/mol. The summed E-state index contributed by atoms with van der Waals surface area (Å²) in [6.45, 7) is 9.62. The molecule has 0 radical (unpaired) electrons. The van der Waals surface area contributed by atoms with Crippen LogP contribution in [0.5, 0.6) is 5.75 Å². The summed E-state index contributed by atoms with van der Waals surface area (Å²) in [7, 11) is 0. The third-order valence-electron chi connectivity index (χ3n) is 5.69. The first kappa shape index (κ1) is 27.4. The van der Waals surface area contributed by atoms with E-state index in [0.29, 0.717) is 51.0 Å². The van der Waals surface area contributed by atoms with Crippen LogP contribution in [0.25, 0.3) is 0 Å². The summed E-state index contributed by atoms with van der Waals surface area (Å²) in [4.78, 5) is 15.1. The zero-order valence-corrected chi connectivity index (χ0v) is 20.7. The van der Waals surface area contributed by atoms with Gasteiger partial charge in [0.1, 0.15) is 11.9 Å². The lowest BCUT2D eigenvalue weighted by Gasteiger charge is -2.30. The highest BCUT2D eigenvalue weighted by atomic mass is 16.6. The van der Waals surface area contributed by atoms with Crippen molar-refractivity contribution in [3.05, 3.63) is 24.3 Å². The van der Waals surface area contributed by atoms with Crippen molar-refractivity contribution in [1.29, 1.82) is 0 Å². The van der Waals surface area contributed by atoms with E-state index in [0.717, 1.165) is 25.9 Å². The summed E-state index contributed by atoms with van der Waals surface area (Å²) in [6.07, 6.45) is 8.72. The Kier molecular flexibility index (Phi) is 14.6. The maximum atomic E-state index is 12.7. The second-order valence-electron chi connectivity index (χ2n) is 8.54. The standard InChI is InChI=1S/C26H44N2O5/c1-3-5-6-7-13-18-32-25-15-10-9-14-24(25)27-26(29)33-23(22-31-20-19-30-4-2)21-28-16-11-8-12-17-28/h9-10,14-15,23H,3-8,11-13,16-22H2,1-2H3,(H,27,29). The van der Waals surface area contributed by atoms with Crippen LogP contribution >= 0.6 is 0 Å². The minimum Gasteiger partial charge on any atom is -0.491 e. The minimum absolute atomic E-state index is 0.337. The summed E-state index contributed by atoms with van der Waals surface area (Å²) < 4.78 is 22.8. The molecule has 0 bridgehead atoms. The van der Waals surface area contributed by atoms with Gasteiger partial charge in [0.2, 0.25) is 0 Å². The van der Waals surface area contributed by atoms with Gasteiger partial charge in [-0.25, -0.2) is 4.79 Å². The highest BCUT2D eigenvalue weighted by Gasteiger charge is 2.21. The molecule has 1 fully saturated rings. The molecule has 1 aliphatic heterocycles. The van der Waals surface area contributed by atoms with E-state index >= 15 is 0 Å². The van der Waals surface area contributed by atoms with Gasteiger partial charge < -0.3 is 18.9 Å². The summed E-state index contributed by atoms with van der Waals surface area (Å²) >= 11 is 0. The highest BCUT2D eigenvalue weighted by molar-refractivity contribution is 5.86. The molecule has 1 saturated heterocycles. The highest BCUT2D eigenvalue weighted by Crippen LogP contribution is 2.24. The van der Waals surface area contributed by atoms with Crippen molar-refractivity contribution >= 4 is 11.8 Å². The fourth-order valence-electron chi connectivity index (χ4n) is 3.91. The lowest BCUT2D eigenvalue weighted by Crippen LogP contribution is -2.41. The number of anilines is 1. The molecule has 0 saturated carbocycles. The number of ether oxygens (including phenoxy) is 4. The van der Waals surface area contributed by atoms with Crippen molar-refractivity contribution in [2.45, 2.75) is 71.3 Å². The van der Waals surface area contributed by atoms with E-state index in [-0.39, 0.29) is 6.10 Å². The molecule has 33 heavy (non-hydrogen) atoms. The van der Waals surface area contributed by atoms with E-state index in [1.54, 1.807) is 0 Å². The molecule has 7 heteroatoms. The summed E-state index contributed by atoms with van der Waals surface area (Å²) in [5.41, 5.74) is 0.630. The molecule has 1 heterocycles. The molecule has 1 aromatic carbocycles. The molecule has 1 amide bonds. The Bertz CT molecular complexity index is 637. The van der Waals surface area contributed by atoms with E-state index in [1.165, 1.54) is 38.5 Å². The van der Waals surface area contributed by atoms with Crippen LogP contribution in [0, 0.1) is 0 Å². The first-order valence-electron chi connectivity index (χ1n) is 12.8. The predicted molar refractivity (Wildman–Crippen MR) is 132 cm³/mol. The number of para-hydroxylation sites is 2. The number of nitrogens with zero attached hydrogens (tertiary/aromatic N) is 1. The average molecular weight is 465 g/mol. The summed E-state index contributed by atoms with van der Waals surface area (Å²) in [6, 6.07) is 7.51. The van der Waals surface area contributed by atoms with Gasteiger partial charge in [-0.15, -0.1) is 0 Å². The number of nitrogens with one attached hydrogen (secondary N) is 1. The number of benzene rings is 1. The Morgan fingerprint density at radius 2 is 1.73 bits per heavy atom. The van der Waals surface area contributed by atoms with Gasteiger partial charge in [-0.05, 0) is 51.4 Å². The largest absolute Gasteiger partial charge is 0.491 e. The Hall–Kier alpha value is -1.83. The molecule has 0 aliphatic carbocycles. The molecule has 188 valence electrons. The fourth-order valence-corrected chi connectivity index (χ4v) is 3.91. The molecule has 1 unspecified atom stereocenters. The maximum absolute atomic E-state index is 12.7. The van der Waals surface area contributed by atoms with Crippen LogP contribution in [-0.4, -0.2) is 69.8 Å². The normalized spacial score (nSPS) is 15.2. The zero-order valence-electron chi connectivity index (χ0n) is 20.7. The number of hydrogen-bond acceptors (Lipinski definition) is 6. The zero-order chi connectivity index (χ0) is 23.6. The smallest absolute Gasteiger partial charge is 0.412 e. The number of likely N-dealkylation sites (tertiary alicyclic amines) is 1. The molecular weight excluding hydrogens is 420 g/mol. The SMILES string of the molecule is CCCCCCCOc1ccccc1NC(=O)OC(COCCOCC)CN1CCCCC1. The number of amides is 1. The topological polar surface area (TPSA) is 69.3 Å².